The number of carboxylic acids is 1. The van der Waals surface area contributed by atoms with Crippen molar-refractivity contribution in [2.24, 2.45) is 11.5 Å². The van der Waals surface area contributed by atoms with Crippen molar-refractivity contribution in [3.63, 3.8) is 0 Å². The van der Waals surface area contributed by atoms with E-state index in [1.807, 2.05) is 30.3 Å². The number of likely N-dealkylation sites (tertiary alicyclic amines) is 1. The van der Waals surface area contributed by atoms with Crippen LogP contribution in [0.4, 0.5) is 8.78 Å². The summed E-state index contributed by atoms with van der Waals surface area (Å²) in [5.41, 5.74) is 11.3. The minimum atomic E-state index is -1.68. The van der Waals surface area contributed by atoms with Crippen LogP contribution in [0.3, 0.4) is 0 Å². The Hall–Kier alpha value is -5.21. The van der Waals surface area contributed by atoms with Crippen LogP contribution < -0.4 is 22.1 Å². The number of hydrogen-bond acceptors (Lipinski definition) is 11. The number of nitrogens with two attached hydrogens (primary N) is 2. The Bertz CT molecular complexity index is 1940. The number of carboxylic acid groups (broad SMARTS) is 1. The molecule has 4 rings (SSSR count). The maximum atomic E-state index is 15.0. The standard InChI is InChI=1S/C38H47F2N7O9S/c1-38(2,56)34(29-14-23(25-15-24(39)8-9-26(25)40)18-45(29)17-22-6-4-3-5-7-22)46(33(51)20-48)13-10-27(41)35(52)44-12-11-43-31(49)19-47-32(50)16-30(36(47)53)57-21-28(42)37(54)55/h3-9,14-15,18,27-28,30,34,48,56H,10-13,16-17,19-21,41-42H2,1-2H3,(H,43,49)(H,44,52)(H,54,55)/t27?,28-,30?,34?/m0/s1. The minimum Gasteiger partial charge on any atom is -0.480 e. The second kappa shape index (κ2) is 19.8. The SMILES string of the molecule is CC(C)(O)C(c1cc(-c2cc(F)ccc2F)cn1Cc1ccccc1)N(CCC(N)C(=O)NCCNC(=O)CN1C(=O)CC(SC[C@H](N)C(=O)O)C1=O)C(=O)CO. The predicted octanol–water partition coefficient (Wildman–Crippen LogP) is 0.337. The zero-order valence-corrected chi connectivity index (χ0v) is 32.2. The summed E-state index contributed by atoms with van der Waals surface area (Å²) >= 11 is 0.921. The molecule has 3 unspecified atom stereocenters. The highest BCUT2D eigenvalue weighted by atomic mass is 32.2. The second-order valence-corrected chi connectivity index (χ2v) is 15.3. The van der Waals surface area contributed by atoms with Gasteiger partial charge in [0.05, 0.1) is 16.9 Å². The molecule has 3 aromatic rings. The number of carbonyl (C=O) groups excluding carboxylic acids is 5. The Morgan fingerprint density at radius 1 is 1.02 bits per heavy atom. The molecule has 0 bridgehead atoms. The molecular formula is C38H47F2N7O9S. The maximum Gasteiger partial charge on any atom is 0.321 e. The van der Waals surface area contributed by atoms with Crippen molar-refractivity contribution < 1.29 is 52.9 Å². The van der Waals surface area contributed by atoms with Gasteiger partial charge in [0.25, 0.3) is 0 Å². The Morgan fingerprint density at radius 3 is 2.35 bits per heavy atom. The number of thioether (sulfide) groups is 1. The van der Waals surface area contributed by atoms with Gasteiger partial charge in [-0.3, -0.25) is 33.7 Å². The van der Waals surface area contributed by atoms with E-state index in [9.17, 15) is 47.8 Å². The van der Waals surface area contributed by atoms with Crippen LogP contribution in [0.5, 0.6) is 0 Å². The molecule has 5 amide bonds. The van der Waals surface area contributed by atoms with E-state index >= 15 is 0 Å². The first-order valence-corrected chi connectivity index (χ1v) is 19.0. The number of aromatic nitrogens is 1. The number of aliphatic carboxylic acids is 1. The Labute approximate surface area is 331 Å². The molecule has 308 valence electrons. The molecule has 2 heterocycles. The number of nitrogens with one attached hydrogen (secondary N) is 2. The number of benzene rings is 2. The molecule has 16 nitrogen and oxygen atoms in total. The van der Waals surface area contributed by atoms with Crippen molar-refractivity contribution in [2.75, 3.05) is 38.5 Å². The van der Waals surface area contributed by atoms with E-state index in [1.165, 1.54) is 24.8 Å². The van der Waals surface area contributed by atoms with E-state index < -0.39 is 89.3 Å². The van der Waals surface area contributed by atoms with Gasteiger partial charge in [0.15, 0.2) is 0 Å². The van der Waals surface area contributed by atoms with Gasteiger partial charge in [0.2, 0.25) is 29.5 Å². The van der Waals surface area contributed by atoms with Crippen LogP contribution in [-0.2, 0) is 35.3 Å². The van der Waals surface area contributed by atoms with Gasteiger partial charge in [-0.15, -0.1) is 11.8 Å². The monoisotopic (exact) mass is 815 g/mol. The van der Waals surface area contributed by atoms with Gasteiger partial charge in [0, 0.05) is 61.4 Å². The first-order chi connectivity index (χ1) is 26.9. The van der Waals surface area contributed by atoms with E-state index in [0.717, 1.165) is 40.4 Å². The quantitative estimate of drug-likeness (QED) is 0.0603. The van der Waals surface area contributed by atoms with Crippen LogP contribution in [0, 0.1) is 11.6 Å². The van der Waals surface area contributed by atoms with Crippen LogP contribution >= 0.6 is 11.8 Å². The molecular weight excluding hydrogens is 769 g/mol. The number of carbonyl (C=O) groups is 6. The molecule has 1 aliphatic rings. The normalized spacial score (nSPS) is 15.9. The first kappa shape index (κ1) is 44.5. The van der Waals surface area contributed by atoms with Gasteiger partial charge in [-0.2, -0.15) is 0 Å². The summed E-state index contributed by atoms with van der Waals surface area (Å²) in [7, 11) is 0. The lowest BCUT2D eigenvalue weighted by Gasteiger charge is -2.40. The van der Waals surface area contributed by atoms with Crippen LogP contribution in [-0.4, -0.2) is 127 Å². The average Bonchev–Trinajstić information content (AvgIpc) is 3.68. The van der Waals surface area contributed by atoms with Gasteiger partial charge in [-0.05, 0) is 50.1 Å². The second-order valence-electron chi connectivity index (χ2n) is 14.0. The van der Waals surface area contributed by atoms with E-state index in [1.54, 1.807) is 10.8 Å². The summed E-state index contributed by atoms with van der Waals surface area (Å²) in [4.78, 5) is 76.6. The third-order valence-corrected chi connectivity index (χ3v) is 10.5. The minimum absolute atomic E-state index is 0.0474. The van der Waals surface area contributed by atoms with Crippen LogP contribution in [0.25, 0.3) is 11.1 Å². The summed E-state index contributed by atoms with van der Waals surface area (Å²) in [6, 6.07) is 10.1. The lowest BCUT2D eigenvalue weighted by molar-refractivity contribution is -0.144. The van der Waals surface area contributed by atoms with E-state index in [0.29, 0.717) is 5.69 Å². The smallest absolute Gasteiger partial charge is 0.321 e. The Kier molecular flexibility index (Phi) is 15.4. The number of imide groups is 1. The van der Waals surface area contributed by atoms with E-state index in [-0.39, 0.29) is 55.9 Å². The zero-order valence-electron chi connectivity index (χ0n) is 31.4. The van der Waals surface area contributed by atoms with Gasteiger partial charge in [-0.25, -0.2) is 8.78 Å². The molecule has 19 heteroatoms. The molecule has 1 aliphatic heterocycles. The molecule has 0 aliphatic carbocycles. The van der Waals surface area contributed by atoms with Crippen molar-refractivity contribution in [2.45, 2.75) is 62.2 Å². The van der Waals surface area contributed by atoms with E-state index in [4.69, 9.17) is 16.6 Å². The molecule has 0 spiro atoms. The highest BCUT2D eigenvalue weighted by molar-refractivity contribution is 8.00. The number of aliphatic hydroxyl groups is 2. The lowest BCUT2D eigenvalue weighted by atomic mass is 9.92. The fraction of sp³-hybridized carbons (Fsp3) is 0.421. The van der Waals surface area contributed by atoms with Gasteiger partial charge >= 0.3 is 5.97 Å². The molecule has 0 radical (unpaired) electrons. The number of halogens is 2. The van der Waals surface area contributed by atoms with Gasteiger partial charge in [-0.1, -0.05) is 30.3 Å². The van der Waals surface area contributed by atoms with Crippen molar-refractivity contribution >= 4 is 47.3 Å². The molecule has 1 fully saturated rings. The summed E-state index contributed by atoms with van der Waals surface area (Å²) in [5.74, 6) is -6.07. The molecule has 1 aromatic heterocycles. The number of amides is 5. The Morgan fingerprint density at radius 2 is 1.70 bits per heavy atom. The van der Waals surface area contributed by atoms with Gasteiger partial charge < -0.3 is 46.9 Å². The van der Waals surface area contributed by atoms with Crippen LogP contribution in [0.15, 0.2) is 60.8 Å². The lowest BCUT2D eigenvalue weighted by Crippen LogP contribution is -2.50. The molecule has 9 N–H and O–H groups in total. The van der Waals surface area contributed by atoms with Crippen LogP contribution in [0.2, 0.25) is 0 Å². The van der Waals surface area contributed by atoms with Crippen molar-refractivity contribution in [1.82, 2.24) is 25.0 Å². The van der Waals surface area contributed by atoms with Crippen molar-refractivity contribution in [1.29, 1.82) is 0 Å². The third-order valence-electron chi connectivity index (χ3n) is 9.14. The summed E-state index contributed by atoms with van der Waals surface area (Å²) in [6.45, 7) is 1.17. The number of nitrogens with zero attached hydrogens (tertiary/aromatic N) is 3. The summed E-state index contributed by atoms with van der Waals surface area (Å²) in [6.07, 6.45) is 1.23. The highest BCUT2D eigenvalue weighted by Crippen LogP contribution is 2.37. The largest absolute Gasteiger partial charge is 0.480 e. The number of aliphatic hydroxyl groups excluding tert-OH is 1. The first-order valence-electron chi connectivity index (χ1n) is 18.0. The molecule has 2 aromatic carbocycles. The fourth-order valence-electron chi connectivity index (χ4n) is 6.30. The number of rotatable bonds is 20. The highest BCUT2D eigenvalue weighted by Gasteiger charge is 2.41. The van der Waals surface area contributed by atoms with Crippen molar-refractivity contribution in [3.8, 4) is 11.1 Å². The fourth-order valence-corrected chi connectivity index (χ4v) is 7.41. The summed E-state index contributed by atoms with van der Waals surface area (Å²) < 4.78 is 30.9. The maximum absolute atomic E-state index is 15.0. The average molecular weight is 816 g/mol. The topological polar surface area (TPSA) is 251 Å². The molecule has 4 atom stereocenters. The molecule has 57 heavy (non-hydrogen) atoms. The van der Waals surface area contributed by atoms with Crippen molar-refractivity contribution in [3.05, 3.63) is 83.7 Å². The molecule has 0 saturated carbocycles. The van der Waals surface area contributed by atoms with Crippen LogP contribution in [0.1, 0.15) is 44.0 Å². The van der Waals surface area contributed by atoms with E-state index in [2.05, 4.69) is 10.6 Å². The summed E-state index contributed by atoms with van der Waals surface area (Å²) in [5, 5.41) is 34.7. The number of hydrogen-bond donors (Lipinski definition) is 7. The third kappa shape index (κ3) is 11.9. The predicted molar refractivity (Wildman–Crippen MR) is 205 cm³/mol. The molecule has 1 saturated heterocycles. The zero-order chi connectivity index (χ0) is 42.0. The Balaban J connectivity index is 1.40. The van der Waals surface area contributed by atoms with Gasteiger partial charge in [0.1, 0.15) is 36.9 Å².